The topological polar surface area (TPSA) is 89.0 Å². The van der Waals surface area contributed by atoms with E-state index in [0.29, 0.717) is 17.1 Å². The second-order valence-corrected chi connectivity index (χ2v) is 5.98. The zero-order chi connectivity index (χ0) is 18.1. The molecule has 2 N–H and O–H groups in total. The first-order chi connectivity index (χ1) is 12.1. The quantitative estimate of drug-likeness (QED) is 0.369. The van der Waals surface area contributed by atoms with Gasteiger partial charge in [-0.1, -0.05) is 25.7 Å². The Morgan fingerprint density at radius 3 is 2.36 bits per heavy atom. The van der Waals surface area contributed by atoms with E-state index in [1.54, 1.807) is 32.4 Å². The van der Waals surface area contributed by atoms with E-state index in [9.17, 15) is 9.59 Å². The SMILES string of the molecule is COc1ccc(/C=N\NC(=O)C(=O)NC2CCCCCC2)cc1OC. The van der Waals surface area contributed by atoms with Gasteiger partial charge in [-0.2, -0.15) is 5.10 Å². The van der Waals surface area contributed by atoms with Crippen LogP contribution in [0.1, 0.15) is 44.1 Å². The molecule has 136 valence electrons. The molecule has 1 aliphatic rings. The molecule has 0 unspecified atom stereocenters. The van der Waals surface area contributed by atoms with Crippen LogP contribution < -0.4 is 20.2 Å². The second kappa shape index (κ2) is 9.66. The normalized spacial score (nSPS) is 15.4. The molecule has 1 aromatic carbocycles. The number of ether oxygens (including phenoxy) is 2. The lowest BCUT2D eigenvalue weighted by atomic mass is 10.1. The fourth-order valence-electron chi connectivity index (χ4n) is 2.82. The molecule has 0 aromatic heterocycles. The number of amides is 2. The van der Waals surface area contributed by atoms with E-state index >= 15 is 0 Å². The fourth-order valence-corrected chi connectivity index (χ4v) is 2.82. The standard InChI is InChI=1S/C18H25N3O4/c1-24-15-10-9-13(11-16(15)25-2)12-19-21-18(23)17(22)20-14-7-5-3-4-6-8-14/h9-12,14H,3-8H2,1-2H3,(H,20,22)(H,21,23)/b19-12-. The first-order valence-corrected chi connectivity index (χ1v) is 8.50. The Bertz CT molecular complexity index is 623. The van der Waals surface area contributed by atoms with E-state index in [1.165, 1.54) is 19.1 Å². The number of methoxy groups -OCH3 is 2. The maximum Gasteiger partial charge on any atom is 0.329 e. The highest BCUT2D eigenvalue weighted by Gasteiger charge is 2.19. The molecule has 0 saturated heterocycles. The number of nitrogens with one attached hydrogen (secondary N) is 2. The second-order valence-electron chi connectivity index (χ2n) is 5.98. The van der Waals surface area contributed by atoms with Crippen LogP contribution in [-0.2, 0) is 9.59 Å². The Morgan fingerprint density at radius 2 is 1.72 bits per heavy atom. The van der Waals surface area contributed by atoms with E-state index < -0.39 is 11.8 Å². The van der Waals surface area contributed by atoms with Gasteiger partial charge in [0.25, 0.3) is 0 Å². The van der Waals surface area contributed by atoms with E-state index in [4.69, 9.17) is 9.47 Å². The van der Waals surface area contributed by atoms with Crippen molar-refractivity contribution in [2.75, 3.05) is 14.2 Å². The number of hydrazone groups is 1. The van der Waals surface area contributed by atoms with Gasteiger partial charge in [0.15, 0.2) is 11.5 Å². The first-order valence-electron chi connectivity index (χ1n) is 8.50. The smallest absolute Gasteiger partial charge is 0.329 e. The predicted octanol–water partition coefficient (Wildman–Crippen LogP) is 1.99. The summed E-state index contributed by atoms with van der Waals surface area (Å²) in [6.45, 7) is 0. The number of nitrogens with zero attached hydrogens (tertiary/aromatic N) is 1. The van der Waals surface area contributed by atoms with E-state index in [1.807, 2.05) is 0 Å². The van der Waals surface area contributed by atoms with Crippen LogP contribution in [0, 0.1) is 0 Å². The van der Waals surface area contributed by atoms with Crippen LogP contribution in [-0.4, -0.2) is 38.3 Å². The van der Waals surface area contributed by atoms with Gasteiger partial charge >= 0.3 is 11.8 Å². The van der Waals surface area contributed by atoms with Gasteiger partial charge in [0.2, 0.25) is 0 Å². The average molecular weight is 347 g/mol. The number of carbonyl (C=O) groups excluding carboxylic acids is 2. The predicted molar refractivity (Wildman–Crippen MR) is 94.9 cm³/mol. The number of hydrogen-bond acceptors (Lipinski definition) is 5. The third-order valence-corrected chi connectivity index (χ3v) is 4.18. The minimum absolute atomic E-state index is 0.0792. The van der Waals surface area contributed by atoms with Gasteiger partial charge < -0.3 is 14.8 Å². The van der Waals surface area contributed by atoms with Crippen LogP contribution in [0.2, 0.25) is 0 Å². The zero-order valence-electron chi connectivity index (χ0n) is 14.7. The molecule has 0 aliphatic heterocycles. The number of hydrogen-bond donors (Lipinski definition) is 2. The van der Waals surface area contributed by atoms with Crippen molar-refractivity contribution in [3.8, 4) is 11.5 Å². The largest absolute Gasteiger partial charge is 0.493 e. The lowest BCUT2D eigenvalue weighted by Gasteiger charge is -2.15. The summed E-state index contributed by atoms with van der Waals surface area (Å²) >= 11 is 0. The lowest BCUT2D eigenvalue weighted by Crippen LogP contribution is -2.43. The van der Waals surface area contributed by atoms with Crippen LogP contribution in [0.3, 0.4) is 0 Å². The molecule has 0 bridgehead atoms. The van der Waals surface area contributed by atoms with E-state index in [-0.39, 0.29) is 6.04 Å². The highest BCUT2D eigenvalue weighted by atomic mass is 16.5. The molecule has 1 aromatic rings. The molecule has 0 atom stereocenters. The molecule has 0 radical (unpaired) electrons. The van der Waals surface area contributed by atoms with Gasteiger partial charge in [-0.3, -0.25) is 9.59 Å². The fraction of sp³-hybridized carbons (Fsp3) is 0.500. The maximum absolute atomic E-state index is 11.9. The highest BCUT2D eigenvalue weighted by Crippen LogP contribution is 2.26. The zero-order valence-corrected chi connectivity index (χ0v) is 14.7. The van der Waals surface area contributed by atoms with Gasteiger partial charge in [-0.15, -0.1) is 0 Å². The number of carbonyl (C=O) groups is 2. The molecule has 2 rings (SSSR count). The van der Waals surface area contributed by atoms with Crippen molar-refractivity contribution in [1.82, 2.24) is 10.7 Å². The summed E-state index contributed by atoms with van der Waals surface area (Å²) in [4.78, 5) is 23.8. The summed E-state index contributed by atoms with van der Waals surface area (Å²) < 4.78 is 10.4. The van der Waals surface area contributed by atoms with Gasteiger partial charge in [0, 0.05) is 6.04 Å². The minimum Gasteiger partial charge on any atom is -0.493 e. The molecular formula is C18H25N3O4. The summed E-state index contributed by atoms with van der Waals surface area (Å²) in [5, 5.41) is 6.60. The molecule has 1 fully saturated rings. The van der Waals surface area contributed by atoms with Crippen molar-refractivity contribution in [2.45, 2.75) is 44.6 Å². The maximum atomic E-state index is 11.9. The lowest BCUT2D eigenvalue weighted by molar-refractivity contribution is -0.139. The van der Waals surface area contributed by atoms with Gasteiger partial charge in [0.1, 0.15) is 0 Å². The van der Waals surface area contributed by atoms with Gasteiger partial charge in [-0.25, -0.2) is 5.43 Å². The number of rotatable bonds is 5. The van der Waals surface area contributed by atoms with Crippen LogP contribution in [0.25, 0.3) is 0 Å². The Morgan fingerprint density at radius 1 is 1.04 bits per heavy atom. The van der Waals surface area contributed by atoms with Crippen LogP contribution in [0.15, 0.2) is 23.3 Å². The molecule has 0 spiro atoms. The Labute approximate surface area is 147 Å². The van der Waals surface area contributed by atoms with Crippen molar-refractivity contribution in [2.24, 2.45) is 5.10 Å². The van der Waals surface area contributed by atoms with Crippen molar-refractivity contribution in [3.05, 3.63) is 23.8 Å². The third-order valence-electron chi connectivity index (χ3n) is 4.18. The highest BCUT2D eigenvalue weighted by molar-refractivity contribution is 6.35. The minimum atomic E-state index is -0.763. The van der Waals surface area contributed by atoms with E-state index in [2.05, 4.69) is 15.8 Å². The first kappa shape index (κ1) is 18.8. The Balaban J connectivity index is 1.85. The van der Waals surface area contributed by atoms with Crippen molar-refractivity contribution in [1.29, 1.82) is 0 Å². The molecule has 1 aliphatic carbocycles. The Hall–Kier alpha value is -2.57. The van der Waals surface area contributed by atoms with Crippen molar-refractivity contribution >= 4 is 18.0 Å². The summed E-state index contributed by atoms with van der Waals surface area (Å²) in [6, 6.07) is 5.30. The van der Waals surface area contributed by atoms with Gasteiger partial charge in [0.05, 0.1) is 20.4 Å². The monoisotopic (exact) mass is 347 g/mol. The average Bonchev–Trinajstić information content (AvgIpc) is 2.90. The molecule has 1 saturated carbocycles. The molecule has 7 heteroatoms. The molecule has 2 amide bonds. The summed E-state index contributed by atoms with van der Waals surface area (Å²) in [5.74, 6) is -0.243. The summed E-state index contributed by atoms with van der Waals surface area (Å²) in [6.07, 6.45) is 7.84. The van der Waals surface area contributed by atoms with Crippen LogP contribution >= 0.6 is 0 Å². The molecular weight excluding hydrogens is 322 g/mol. The van der Waals surface area contributed by atoms with Crippen molar-refractivity contribution in [3.63, 3.8) is 0 Å². The third kappa shape index (κ3) is 5.77. The van der Waals surface area contributed by atoms with Crippen LogP contribution in [0.4, 0.5) is 0 Å². The molecule has 0 heterocycles. The summed E-state index contributed by atoms with van der Waals surface area (Å²) in [5.41, 5.74) is 2.96. The number of benzene rings is 1. The molecule has 7 nitrogen and oxygen atoms in total. The van der Waals surface area contributed by atoms with Crippen LogP contribution in [0.5, 0.6) is 11.5 Å². The summed E-state index contributed by atoms with van der Waals surface area (Å²) in [7, 11) is 3.09. The van der Waals surface area contributed by atoms with Gasteiger partial charge in [-0.05, 0) is 36.6 Å². The Kier molecular flexibility index (Phi) is 7.25. The molecule has 25 heavy (non-hydrogen) atoms. The van der Waals surface area contributed by atoms with Crippen molar-refractivity contribution < 1.29 is 19.1 Å². The van der Waals surface area contributed by atoms with E-state index in [0.717, 1.165) is 25.7 Å².